The van der Waals surface area contributed by atoms with Gasteiger partial charge in [-0.25, -0.2) is 4.98 Å². The Kier molecular flexibility index (Phi) is 5.95. The van der Waals surface area contributed by atoms with Crippen LogP contribution in [0.15, 0.2) is 42.5 Å². The van der Waals surface area contributed by atoms with Crippen molar-refractivity contribution in [2.45, 2.75) is 59.5 Å². The van der Waals surface area contributed by atoms with Crippen LogP contribution in [0.4, 0.5) is 0 Å². The van der Waals surface area contributed by atoms with Crippen molar-refractivity contribution in [1.82, 2.24) is 9.88 Å². The van der Waals surface area contributed by atoms with Crippen molar-refractivity contribution in [3.8, 4) is 10.6 Å². The van der Waals surface area contributed by atoms with Gasteiger partial charge < -0.3 is 4.90 Å². The zero-order chi connectivity index (χ0) is 19.6. The van der Waals surface area contributed by atoms with Gasteiger partial charge in [0.25, 0.3) is 5.91 Å². The van der Waals surface area contributed by atoms with Crippen LogP contribution >= 0.6 is 11.3 Å². The number of hydrogen-bond acceptors (Lipinski definition) is 3. The smallest absolute Gasteiger partial charge is 0.255 e. The molecular weight excluding hydrogens is 352 g/mol. The molecule has 2 atom stereocenters. The van der Waals surface area contributed by atoms with Crippen LogP contribution in [-0.4, -0.2) is 27.9 Å². The lowest BCUT2D eigenvalue weighted by Gasteiger charge is -2.34. The Hall–Kier alpha value is -2.20. The van der Waals surface area contributed by atoms with E-state index in [2.05, 4.69) is 46.8 Å². The van der Waals surface area contributed by atoms with E-state index in [9.17, 15) is 4.79 Å². The molecule has 0 aliphatic rings. The summed E-state index contributed by atoms with van der Waals surface area (Å²) >= 11 is 1.71. The Bertz CT molecular complexity index is 936. The average Bonchev–Trinajstić information content (AvgIpc) is 3.13. The van der Waals surface area contributed by atoms with Gasteiger partial charge in [0.05, 0.1) is 21.7 Å². The normalized spacial score (nSPS) is 13.5. The maximum absolute atomic E-state index is 13.6. The van der Waals surface area contributed by atoms with Crippen molar-refractivity contribution in [2.75, 3.05) is 0 Å². The van der Waals surface area contributed by atoms with E-state index in [1.54, 1.807) is 11.3 Å². The molecule has 2 aromatic heterocycles. The molecule has 1 amide bonds. The second kappa shape index (κ2) is 8.22. The molecule has 2 unspecified atom stereocenters. The zero-order valence-electron chi connectivity index (χ0n) is 16.8. The summed E-state index contributed by atoms with van der Waals surface area (Å²) < 4.78 is 0. The van der Waals surface area contributed by atoms with Crippen molar-refractivity contribution in [3.05, 3.63) is 52.9 Å². The minimum Gasteiger partial charge on any atom is -0.333 e. The SMILES string of the molecule is CCC(C)N(C(=O)c1cc(-c2ccc(C)s2)nc2ccccc12)C(C)CC. The minimum absolute atomic E-state index is 0.104. The predicted molar refractivity (Wildman–Crippen MR) is 115 cm³/mol. The number of thiophene rings is 1. The van der Waals surface area contributed by atoms with Gasteiger partial charge in [0.2, 0.25) is 0 Å². The number of carbonyl (C=O) groups excluding carboxylic acids is 1. The Morgan fingerprint density at radius 1 is 1.07 bits per heavy atom. The predicted octanol–water partition coefficient (Wildman–Crippen LogP) is 6.31. The second-order valence-corrected chi connectivity index (χ2v) is 8.50. The lowest BCUT2D eigenvalue weighted by molar-refractivity contribution is 0.0600. The Morgan fingerprint density at radius 2 is 1.74 bits per heavy atom. The number of pyridine rings is 1. The number of benzene rings is 1. The fourth-order valence-corrected chi connectivity index (χ4v) is 4.25. The van der Waals surface area contributed by atoms with Gasteiger partial charge in [-0.1, -0.05) is 32.0 Å². The van der Waals surface area contributed by atoms with Crippen molar-refractivity contribution < 1.29 is 4.79 Å². The Labute approximate surface area is 166 Å². The van der Waals surface area contributed by atoms with Crippen molar-refractivity contribution in [2.24, 2.45) is 0 Å². The third-order valence-electron chi connectivity index (χ3n) is 5.31. The molecule has 0 saturated heterocycles. The molecule has 0 aliphatic carbocycles. The van der Waals surface area contributed by atoms with Gasteiger partial charge in [-0.15, -0.1) is 11.3 Å². The third-order valence-corrected chi connectivity index (χ3v) is 6.33. The molecule has 3 nitrogen and oxygen atoms in total. The summed E-state index contributed by atoms with van der Waals surface area (Å²) in [6, 6.07) is 14.5. The summed E-state index contributed by atoms with van der Waals surface area (Å²) in [5.41, 5.74) is 2.50. The quantitative estimate of drug-likeness (QED) is 0.502. The number of nitrogens with zero attached hydrogens (tertiary/aromatic N) is 2. The van der Waals surface area contributed by atoms with Crippen molar-refractivity contribution in [3.63, 3.8) is 0 Å². The highest BCUT2D eigenvalue weighted by molar-refractivity contribution is 7.15. The number of para-hydroxylation sites is 1. The molecule has 3 aromatic rings. The summed E-state index contributed by atoms with van der Waals surface area (Å²) in [6.45, 7) is 10.6. The molecule has 0 N–H and O–H groups in total. The standard InChI is InChI=1S/C23H28N2OS/c1-6-15(3)25(16(4)7-2)23(26)19-14-21(22-13-12-17(5)27-22)24-20-11-9-8-10-18(19)20/h8-16H,6-7H2,1-5H3. The van der Waals surface area contributed by atoms with Crippen LogP contribution in [0.5, 0.6) is 0 Å². The van der Waals surface area contributed by atoms with E-state index in [0.29, 0.717) is 0 Å². The van der Waals surface area contributed by atoms with E-state index >= 15 is 0 Å². The molecule has 0 radical (unpaired) electrons. The summed E-state index contributed by atoms with van der Waals surface area (Å²) in [6.07, 6.45) is 1.88. The van der Waals surface area contributed by atoms with E-state index in [-0.39, 0.29) is 18.0 Å². The molecule has 2 heterocycles. The summed E-state index contributed by atoms with van der Waals surface area (Å²) in [4.78, 5) is 22.9. The van der Waals surface area contributed by atoms with Crippen LogP contribution in [0, 0.1) is 6.92 Å². The van der Waals surface area contributed by atoms with E-state index in [0.717, 1.165) is 39.9 Å². The number of fused-ring (bicyclic) bond motifs is 1. The van der Waals surface area contributed by atoms with Crippen LogP contribution in [0.25, 0.3) is 21.5 Å². The fourth-order valence-electron chi connectivity index (χ4n) is 3.42. The molecule has 0 saturated carbocycles. The van der Waals surface area contributed by atoms with E-state index < -0.39 is 0 Å². The molecule has 0 aliphatic heterocycles. The molecule has 1 aromatic carbocycles. The number of aromatic nitrogens is 1. The molecular formula is C23H28N2OS. The number of amides is 1. The monoisotopic (exact) mass is 380 g/mol. The maximum Gasteiger partial charge on any atom is 0.255 e. The number of carbonyl (C=O) groups is 1. The van der Waals surface area contributed by atoms with E-state index in [4.69, 9.17) is 4.98 Å². The lowest BCUT2D eigenvalue weighted by Crippen LogP contribution is -2.44. The summed E-state index contributed by atoms with van der Waals surface area (Å²) in [5.74, 6) is 0.104. The molecule has 3 rings (SSSR count). The summed E-state index contributed by atoms with van der Waals surface area (Å²) in [5, 5.41) is 0.927. The average molecular weight is 381 g/mol. The first-order chi connectivity index (χ1) is 13.0. The van der Waals surface area contributed by atoms with E-state index in [1.807, 2.05) is 35.2 Å². The van der Waals surface area contributed by atoms with Crippen LogP contribution in [0.2, 0.25) is 0 Å². The topological polar surface area (TPSA) is 33.2 Å². The number of rotatable bonds is 6. The number of aryl methyl sites for hydroxylation is 1. The van der Waals surface area contributed by atoms with Crippen LogP contribution in [0.1, 0.15) is 55.8 Å². The first-order valence-corrected chi connectivity index (χ1v) is 10.6. The Balaban J connectivity index is 2.17. The highest BCUT2D eigenvalue weighted by Gasteiger charge is 2.26. The minimum atomic E-state index is 0.104. The summed E-state index contributed by atoms with van der Waals surface area (Å²) in [7, 11) is 0. The fraction of sp³-hybridized carbons (Fsp3) is 0.391. The molecule has 0 bridgehead atoms. The molecule has 0 spiro atoms. The largest absolute Gasteiger partial charge is 0.333 e. The third kappa shape index (κ3) is 3.91. The molecule has 27 heavy (non-hydrogen) atoms. The molecule has 142 valence electrons. The molecule has 0 fully saturated rings. The number of hydrogen-bond donors (Lipinski definition) is 0. The zero-order valence-corrected chi connectivity index (χ0v) is 17.6. The molecule has 4 heteroatoms. The van der Waals surface area contributed by atoms with E-state index in [1.165, 1.54) is 4.88 Å². The second-order valence-electron chi connectivity index (χ2n) is 7.21. The van der Waals surface area contributed by atoms with Gasteiger partial charge in [0, 0.05) is 22.3 Å². The van der Waals surface area contributed by atoms with Gasteiger partial charge in [-0.05, 0) is 57.9 Å². The highest BCUT2D eigenvalue weighted by atomic mass is 32.1. The van der Waals surface area contributed by atoms with Crippen LogP contribution in [0.3, 0.4) is 0 Å². The first kappa shape index (κ1) is 19.6. The van der Waals surface area contributed by atoms with Gasteiger partial charge >= 0.3 is 0 Å². The van der Waals surface area contributed by atoms with Crippen molar-refractivity contribution >= 4 is 28.1 Å². The first-order valence-electron chi connectivity index (χ1n) is 9.75. The van der Waals surface area contributed by atoms with Crippen molar-refractivity contribution in [1.29, 1.82) is 0 Å². The highest BCUT2D eigenvalue weighted by Crippen LogP contribution is 2.31. The van der Waals surface area contributed by atoms with Gasteiger partial charge in [0.1, 0.15) is 0 Å². The maximum atomic E-state index is 13.6. The van der Waals surface area contributed by atoms with Crippen LogP contribution in [-0.2, 0) is 0 Å². The van der Waals surface area contributed by atoms with Gasteiger partial charge in [-0.2, -0.15) is 0 Å². The van der Waals surface area contributed by atoms with Crippen LogP contribution < -0.4 is 0 Å². The van der Waals surface area contributed by atoms with Gasteiger partial charge in [-0.3, -0.25) is 4.79 Å². The Morgan fingerprint density at radius 3 is 2.33 bits per heavy atom. The van der Waals surface area contributed by atoms with Gasteiger partial charge in [0.15, 0.2) is 0 Å². The lowest BCUT2D eigenvalue weighted by atomic mass is 10.0.